The summed E-state index contributed by atoms with van der Waals surface area (Å²) in [5.41, 5.74) is 0. The highest BCUT2D eigenvalue weighted by Gasteiger charge is 2.19. The molecule has 0 aromatic rings. The van der Waals surface area contributed by atoms with Crippen molar-refractivity contribution in [1.29, 1.82) is 0 Å². The molecule has 0 N–H and O–H groups in total. The normalized spacial score (nSPS) is 19.1. The molecular formula is C11H21NO. The van der Waals surface area contributed by atoms with Crippen molar-refractivity contribution in [2.24, 2.45) is 5.92 Å². The van der Waals surface area contributed by atoms with Gasteiger partial charge in [0.2, 0.25) is 5.91 Å². The van der Waals surface area contributed by atoms with Crippen LogP contribution in [0.25, 0.3) is 0 Å². The van der Waals surface area contributed by atoms with Crippen LogP contribution in [0.2, 0.25) is 0 Å². The van der Waals surface area contributed by atoms with Gasteiger partial charge in [-0.3, -0.25) is 4.79 Å². The smallest absolute Gasteiger partial charge is 0.219 e. The molecule has 0 saturated carbocycles. The lowest BCUT2D eigenvalue weighted by Gasteiger charge is -2.31. The van der Waals surface area contributed by atoms with E-state index in [0.717, 1.165) is 19.0 Å². The SMILES string of the molecule is CCCCC1CCN(C(C)=O)CC1. The molecule has 1 fully saturated rings. The fourth-order valence-corrected chi connectivity index (χ4v) is 2.03. The highest BCUT2D eigenvalue weighted by atomic mass is 16.2. The molecule has 1 rings (SSSR count). The summed E-state index contributed by atoms with van der Waals surface area (Å²) >= 11 is 0. The number of amides is 1. The first-order valence-corrected chi connectivity index (χ1v) is 5.49. The third kappa shape index (κ3) is 3.37. The number of likely N-dealkylation sites (tertiary alicyclic amines) is 1. The van der Waals surface area contributed by atoms with Gasteiger partial charge >= 0.3 is 0 Å². The summed E-state index contributed by atoms with van der Waals surface area (Å²) in [6, 6.07) is 0. The maximum Gasteiger partial charge on any atom is 0.219 e. The summed E-state index contributed by atoms with van der Waals surface area (Å²) in [6.45, 7) is 5.89. The van der Waals surface area contributed by atoms with Crippen molar-refractivity contribution < 1.29 is 4.79 Å². The average molecular weight is 183 g/mol. The van der Waals surface area contributed by atoms with Gasteiger partial charge in [0, 0.05) is 20.0 Å². The number of rotatable bonds is 3. The van der Waals surface area contributed by atoms with Crippen LogP contribution in [0, 0.1) is 5.92 Å². The van der Waals surface area contributed by atoms with Gasteiger partial charge in [0.05, 0.1) is 0 Å². The van der Waals surface area contributed by atoms with E-state index in [1.807, 2.05) is 4.90 Å². The number of hydrogen-bond acceptors (Lipinski definition) is 1. The van der Waals surface area contributed by atoms with E-state index in [4.69, 9.17) is 0 Å². The standard InChI is InChI=1S/C11H21NO/c1-3-4-5-11-6-8-12(9-7-11)10(2)13/h11H,3-9H2,1-2H3. The van der Waals surface area contributed by atoms with E-state index in [1.165, 1.54) is 32.1 Å². The maximum atomic E-state index is 11.0. The van der Waals surface area contributed by atoms with Crippen molar-refractivity contribution in [2.75, 3.05) is 13.1 Å². The van der Waals surface area contributed by atoms with Crippen LogP contribution >= 0.6 is 0 Å². The first-order valence-electron chi connectivity index (χ1n) is 5.49. The zero-order chi connectivity index (χ0) is 9.68. The Morgan fingerprint density at radius 3 is 2.46 bits per heavy atom. The Labute approximate surface area is 81.3 Å². The molecular weight excluding hydrogens is 162 g/mol. The number of piperidine rings is 1. The quantitative estimate of drug-likeness (QED) is 0.658. The van der Waals surface area contributed by atoms with Gasteiger partial charge in [-0.25, -0.2) is 0 Å². The first kappa shape index (κ1) is 10.6. The highest BCUT2D eigenvalue weighted by molar-refractivity contribution is 5.73. The summed E-state index contributed by atoms with van der Waals surface area (Å²) in [6.07, 6.45) is 6.46. The zero-order valence-electron chi connectivity index (χ0n) is 8.88. The van der Waals surface area contributed by atoms with Gasteiger partial charge in [-0.15, -0.1) is 0 Å². The van der Waals surface area contributed by atoms with E-state index in [1.54, 1.807) is 6.92 Å². The predicted molar refractivity (Wildman–Crippen MR) is 54.5 cm³/mol. The fourth-order valence-electron chi connectivity index (χ4n) is 2.03. The molecule has 1 aliphatic rings. The van der Waals surface area contributed by atoms with Gasteiger partial charge in [-0.05, 0) is 18.8 Å². The van der Waals surface area contributed by atoms with Gasteiger partial charge in [-0.2, -0.15) is 0 Å². The van der Waals surface area contributed by atoms with Gasteiger partial charge in [0.25, 0.3) is 0 Å². The molecule has 2 heteroatoms. The molecule has 76 valence electrons. The Morgan fingerprint density at radius 2 is 2.00 bits per heavy atom. The maximum absolute atomic E-state index is 11.0. The molecule has 0 aromatic heterocycles. The van der Waals surface area contributed by atoms with Crippen molar-refractivity contribution in [3.8, 4) is 0 Å². The highest BCUT2D eigenvalue weighted by Crippen LogP contribution is 2.22. The Morgan fingerprint density at radius 1 is 1.38 bits per heavy atom. The van der Waals surface area contributed by atoms with Crippen LogP contribution < -0.4 is 0 Å². The van der Waals surface area contributed by atoms with Gasteiger partial charge in [0.1, 0.15) is 0 Å². The van der Waals surface area contributed by atoms with Crippen molar-refractivity contribution in [3.63, 3.8) is 0 Å². The van der Waals surface area contributed by atoms with Crippen molar-refractivity contribution in [2.45, 2.75) is 46.0 Å². The largest absolute Gasteiger partial charge is 0.343 e. The van der Waals surface area contributed by atoms with E-state index in [-0.39, 0.29) is 5.91 Å². The molecule has 0 aliphatic carbocycles. The molecule has 1 saturated heterocycles. The lowest BCUT2D eigenvalue weighted by molar-refractivity contribution is -0.130. The van der Waals surface area contributed by atoms with E-state index in [2.05, 4.69) is 6.92 Å². The number of unbranched alkanes of at least 4 members (excludes halogenated alkanes) is 1. The van der Waals surface area contributed by atoms with Gasteiger partial charge in [-0.1, -0.05) is 26.2 Å². The predicted octanol–water partition coefficient (Wildman–Crippen LogP) is 2.44. The second-order valence-corrected chi connectivity index (χ2v) is 4.09. The molecule has 0 bridgehead atoms. The van der Waals surface area contributed by atoms with Crippen LogP contribution in [0.3, 0.4) is 0 Å². The second kappa shape index (κ2) is 5.25. The van der Waals surface area contributed by atoms with Crippen LogP contribution in [-0.4, -0.2) is 23.9 Å². The van der Waals surface area contributed by atoms with Gasteiger partial charge in [0.15, 0.2) is 0 Å². The van der Waals surface area contributed by atoms with E-state index in [0.29, 0.717) is 0 Å². The molecule has 2 nitrogen and oxygen atoms in total. The average Bonchev–Trinajstić information content (AvgIpc) is 2.15. The van der Waals surface area contributed by atoms with Crippen molar-refractivity contribution in [3.05, 3.63) is 0 Å². The molecule has 1 amide bonds. The molecule has 0 atom stereocenters. The van der Waals surface area contributed by atoms with Crippen LogP contribution in [0.15, 0.2) is 0 Å². The van der Waals surface area contributed by atoms with Crippen molar-refractivity contribution >= 4 is 5.91 Å². The Bertz CT molecular complexity index is 159. The summed E-state index contributed by atoms with van der Waals surface area (Å²) in [4.78, 5) is 13.0. The van der Waals surface area contributed by atoms with Crippen molar-refractivity contribution in [1.82, 2.24) is 4.90 Å². The van der Waals surface area contributed by atoms with E-state index >= 15 is 0 Å². The molecule has 1 aliphatic heterocycles. The van der Waals surface area contributed by atoms with E-state index in [9.17, 15) is 4.79 Å². The van der Waals surface area contributed by atoms with E-state index < -0.39 is 0 Å². The number of carbonyl (C=O) groups excluding carboxylic acids is 1. The second-order valence-electron chi connectivity index (χ2n) is 4.09. The molecule has 1 heterocycles. The number of carbonyl (C=O) groups is 1. The lowest BCUT2D eigenvalue weighted by atomic mass is 9.92. The monoisotopic (exact) mass is 183 g/mol. The minimum Gasteiger partial charge on any atom is -0.343 e. The molecule has 0 radical (unpaired) electrons. The number of hydrogen-bond donors (Lipinski definition) is 0. The Hall–Kier alpha value is -0.530. The third-order valence-electron chi connectivity index (χ3n) is 3.03. The Balaban J connectivity index is 2.18. The minimum absolute atomic E-state index is 0.244. The summed E-state index contributed by atoms with van der Waals surface area (Å²) in [5, 5.41) is 0. The van der Waals surface area contributed by atoms with Gasteiger partial charge < -0.3 is 4.90 Å². The van der Waals surface area contributed by atoms with Crippen LogP contribution in [0.5, 0.6) is 0 Å². The molecule has 13 heavy (non-hydrogen) atoms. The van der Waals surface area contributed by atoms with Crippen LogP contribution in [0.4, 0.5) is 0 Å². The first-order chi connectivity index (χ1) is 6.24. The topological polar surface area (TPSA) is 20.3 Å². The summed E-state index contributed by atoms with van der Waals surface area (Å²) in [5.74, 6) is 1.13. The molecule has 0 unspecified atom stereocenters. The minimum atomic E-state index is 0.244. The number of nitrogens with zero attached hydrogens (tertiary/aromatic N) is 1. The third-order valence-corrected chi connectivity index (χ3v) is 3.03. The molecule has 0 aromatic carbocycles. The fraction of sp³-hybridized carbons (Fsp3) is 0.909. The summed E-state index contributed by atoms with van der Waals surface area (Å²) in [7, 11) is 0. The summed E-state index contributed by atoms with van der Waals surface area (Å²) < 4.78 is 0. The Kier molecular flexibility index (Phi) is 4.26. The lowest BCUT2D eigenvalue weighted by Crippen LogP contribution is -2.36. The van der Waals surface area contributed by atoms with Crippen LogP contribution in [-0.2, 0) is 4.79 Å². The zero-order valence-corrected chi connectivity index (χ0v) is 8.88. The van der Waals surface area contributed by atoms with Crippen LogP contribution in [0.1, 0.15) is 46.0 Å². The molecule has 0 spiro atoms.